The van der Waals surface area contributed by atoms with Crippen LogP contribution < -0.4 is 5.32 Å². The number of aryl methyl sites for hydroxylation is 1. The molecule has 0 unspecified atom stereocenters. The van der Waals surface area contributed by atoms with Crippen molar-refractivity contribution in [3.63, 3.8) is 0 Å². The zero-order chi connectivity index (χ0) is 18.6. The number of nitrogens with one attached hydrogen (secondary N) is 2. The second-order valence-corrected chi connectivity index (χ2v) is 8.42. The average molecular weight is 387 g/mol. The van der Waals surface area contributed by atoms with Crippen LogP contribution in [0.25, 0.3) is 0 Å². The van der Waals surface area contributed by atoms with Gasteiger partial charge in [-0.05, 0) is 55.5 Å². The van der Waals surface area contributed by atoms with E-state index in [4.69, 9.17) is 0 Å². The molecule has 0 saturated carbocycles. The van der Waals surface area contributed by atoms with Gasteiger partial charge in [-0.3, -0.25) is 9.89 Å². The average Bonchev–Trinajstić information content (AvgIpc) is 3.31. The lowest BCUT2D eigenvalue weighted by atomic mass is 9.93. The fourth-order valence-electron chi connectivity index (χ4n) is 4.14. The van der Waals surface area contributed by atoms with Gasteiger partial charge in [0.25, 0.3) is 0 Å². The maximum atomic E-state index is 12.7. The van der Waals surface area contributed by atoms with Crippen molar-refractivity contribution in [3.8, 4) is 0 Å². The number of carbonyl (C=O) groups excluding carboxylic acids is 2. The van der Waals surface area contributed by atoms with Crippen molar-refractivity contribution in [1.82, 2.24) is 20.4 Å². The SMILES string of the molecule is O=C(c1cccs1)[C@@H]1CCCN(C(=O)NCc2n[nH]c3c2CCCCC3)C1. The summed E-state index contributed by atoms with van der Waals surface area (Å²) in [6, 6.07) is 3.68. The number of ketones is 1. The number of thiophene rings is 1. The number of fused-ring (bicyclic) bond motifs is 1. The molecule has 1 aliphatic carbocycles. The number of piperidine rings is 1. The van der Waals surface area contributed by atoms with Gasteiger partial charge in [-0.15, -0.1) is 11.3 Å². The van der Waals surface area contributed by atoms with Gasteiger partial charge in [0.05, 0.1) is 17.1 Å². The van der Waals surface area contributed by atoms with E-state index in [0.29, 0.717) is 19.6 Å². The number of urea groups is 1. The van der Waals surface area contributed by atoms with E-state index in [9.17, 15) is 9.59 Å². The molecule has 1 aliphatic heterocycles. The molecule has 1 atom stereocenters. The number of Topliss-reactive ketones (excluding diaryl/α,β-unsaturated/α-hetero) is 1. The number of rotatable bonds is 4. The number of amides is 2. The van der Waals surface area contributed by atoms with Crippen LogP contribution in [0, 0.1) is 5.92 Å². The highest BCUT2D eigenvalue weighted by Gasteiger charge is 2.29. The molecule has 0 aromatic carbocycles. The molecule has 2 aliphatic rings. The Bertz CT molecular complexity index is 799. The van der Waals surface area contributed by atoms with Crippen LogP contribution in [-0.2, 0) is 19.4 Å². The molecule has 144 valence electrons. The standard InChI is InChI=1S/C20H26N4O2S/c25-19(18-9-5-11-27-18)14-6-4-10-24(13-14)20(26)21-12-17-15-7-2-1-3-8-16(15)22-23-17/h5,9,11,14H,1-4,6-8,10,12-13H2,(H,21,26)(H,22,23)/t14-/m1/s1. The van der Waals surface area contributed by atoms with Gasteiger partial charge in [0.2, 0.25) is 0 Å². The maximum absolute atomic E-state index is 12.7. The van der Waals surface area contributed by atoms with Gasteiger partial charge < -0.3 is 10.2 Å². The van der Waals surface area contributed by atoms with Gasteiger partial charge in [-0.25, -0.2) is 4.79 Å². The predicted molar refractivity (Wildman–Crippen MR) is 105 cm³/mol. The third kappa shape index (κ3) is 4.08. The van der Waals surface area contributed by atoms with Crippen molar-refractivity contribution in [1.29, 1.82) is 0 Å². The zero-order valence-corrected chi connectivity index (χ0v) is 16.3. The molecule has 0 spiro atoms. The molecule has 0 bridgehead atoms. The van der Waals surface area contributed by atoms with Crippen molar-refractivity contribution in [3.05, 3.63) is 39.3 Å². The lowest BCUT2D eigenvalue weighted by Gasteiger charge is -2.31. The van der Waals surface area contributed by atoms with Crippen LogP contribution in [-0.4, -0.2) is 40.0 Å². The summed E-state index contributed by atoms with van der Waals surface area (Å²) in [5.74, 6) is 0.0740. The summed E-state index contributed by atoms with van der Waals surface area (Å²) < 4.78 is 0. The van der Waals surface area contributed by atoms with Crippen molar-refractivity contribution in [2.24, 2.45) is 5.92 Å². The number of aromatic amines is 1. The van der Waals surface area contributed by atoms with Crippen molar-refractivity contribution in [2.45, 2.75) is 51.5 Å². The molecular weight excluding hydrogens is 360 g/mol. The summed E-state index contributed by atoms with van der Waals surface area (Å²) in [5, 5.41) is 12.5. The first-order chi connectivity index (χ1) is 13.2. The molecule has 4 rings (SSSR count). The first kappa shape index (κ1) is 18.2. The van der Waals surface area contributed by atoms with Crippen molar-refractivity contribution in [2.75, 3.05) is 13.1 Å². The van der Waals surface area contributed by atoms with Crippen LogP contribution >= 0.6 is 11.3 Å². The third-order valence-corrected chi connectivity index (χ3v) is 6.53. The molecule has 0 radical (unpaired) electrons. The second kappa shape index (κ2) is 8.25. The monoisotopic (exact) mass is 386 g/mol. The molecule has 3 heterocycles. The zero-order valence-electron chi connectivity index (χ0n) is 15.5. The Labute approximate surface area is 163 Å². The summed E-state index contributed by atoms with van der Waals surface area (Å²) in [6.45, 7) is 1.66. The predicted octanol–water partition coefficient (Wildman–Crippen LogP) is 3.54. The smallest absolute Gasteiger partial charge is 0.317 e. The summed E-state index contributed by atoms with van der Waals surface area (Å²) in [6.07, 6.45) is 7.45. The maximum Gasteiger partial charge on any atom is 0.317 e. The van der Waals surface area contributed by atoms with Crippen LogP contribution in [0.2, 0.25) is 0 Å². The van der Waals surface area contributed by atoms with Gasteiger partial charge in [-0.2, -0.15) is 5.10 Å². The lowest BCUT2D eigenvalue weighted by Crippen LogP contribution is -2.46. The molecule has 6 nitrogen and oxygen atoms in total. The van der Waals surface area contributed by atoms with Crippen LogP contribution in [0.1, 0.15) is 58.7 Å². The number of likely N-dealkylation sites (tertiary alicyclic amines) is 1. The summed E-state index contributed by atoms with van der Waals surface area (Å²) >= 11 is 1.48. The van der Waals surface area contributed by atoms with Crippen LogP contribution in [0.15, 0.2) is 17.5 Å². The first-order valence-electron chi connectivity index (χ1n) is 9.88. The summed E-state index contributed by atoms with van der Waals surface area (Å²) in [4.78, 5) is 27.8. The Morgan fingerprint density at radius 1 is 1.26 bits per heavy atom. The van der Waals surface area contributed by atoms with E-state index in [1.807, 2.05) is 17.5 Å². The van der Waals surface area contributed by atoms with Crippen LogP contribution in [0.4, 0.5) is 4.79 Å². The molecule has 7 heteroatoms. The molecule has 2 aromatic rings. The normalized spacial score (nSPS) is 20.0. The van der Waals surface area contributed by atoms with E-state index in [1.54, 1.807) is 4.90 Å². The molecular formula is C20H26N4O2S. The quantitative estimate of drug-likeness (QED) is 0.623. The van der Waals surface area contributed by atoms with E-state index < -0.39 is 0 Å². The number of nitrogens with zero attached hydrogens (tertiary/aromatic N) is 2. The number of aromatic nitrogens is 2. The number of carbonyl (C=O) groups is 2. The fourth-order valence-corrected chi connectivity index (χ4v) is 4.88. The topological polar surface area (TPSA) is 78.1 Å². The Balaban J connectivity index is 1.34. The van der Waals surface area contributed by atoms with Crippen LogP contribution in [0.5, 0.6) is 0 Å². The summed E-state index contributed by atoms with van der Waals surface area (Å²) in [5.41, 5.74) is 3.48. The van der Waals surface area contributed by atoms with Gasteiger partial charge in [-0.1, -0.05) is 12.5 Å². The van der Waals surface area contributed by atoms with Crippen molar-refractivity contribution < 1.29 is 9.59 Å². The van der Waals surface area contributed by atoms with Crippen molar-refractivity contribution >= 4 is 23.2 Å². The van der Waals surface area contributed by atoms with Crippen LogP contribution in [0.3, 0.4) is 0 Å². The molecule has 27 heavy (non-hydrogen) atoms. The Morgan fingerprint density at radius 3 is 3.00 bits per heavy atom. The number of hydrogen-bond donors (Lipinski definition) is 2. The number of H-pyrrole nitrogens is 1. The van der Waals surface area contributed by atoms with E-state index in [-0.39, 0.29) is 17.7 Å². The Hall–Kier alpha value is -2.15. The molecule has 2 amide bonds. The summed E-state index contributed by atoms with van der Waals surface area (Å²) in [7, 11) is 0. The minimum absolute atomic E-state index is 0.0928. The van der Waals surface area contributed by atoms with E-state index in [0.717, 1.165) is 36.3 Å². The largest absolute Gasteiger partial charge is 0.332 e. The fraction of sp³-hybridized carbons (Fsp3) is 0.550. The Kier molecular flexibility index (Phi) is 5.57. The highest BCUT2D eigenvalue weighted by Crippen LogP contribution is 2.24. The molecule has 1 saturated heterocycles. The molecule has 2 aromatic heterocycles. The first-order valence-corrected chi connectivity index (χ1v) is 10.8. The molecule has 1 fully saturated rings. The Morgan fingerprint density at radius 2 is 2.15 bits per heavy atom. The van der Waals surface area contributed by atoms with Gasteiger partial charge in [0, 0.05) is 24.7 Å². The minimum Gasteiger partial charge on any atom is -0.332 e. The number of hydrogen-bond acceptors (Lipinski definition) is 4. The molecule has 2 N–H and O–H groups in total. The second-order valence-electron chi connectivity index (χ2n) is 7.47. The lowest BCUT2D eigenvalue weighted by molar-refractivity contribution is 0.0849. The third-order valence-electron chi connectivity index (χ3n) is 5.64. The van der Waals surface area contributed by atoms with Gasteiger partial charge in [0.15, 0.2) is 5.78 Å². The minimum atomic E-state index is -0.0935. The highest BCUT2D eigenvalue weighted by atomic mass is 32.1. The van der Waals surface area contributed by atoms with E-state index >= 15 is 0 Å². The van der Waals surface area contributed by atoms with E-state index in [1.165, 1.54) is 41.9 Å². The van der Waals surface area contributed by atoms with Gasteiger partial charge >= 0.3 is 6.03 Å². The highest BCUT2D eigenvalue weighted by molar-refractivity contribution is 7.12. The van der Waals surface area contributed by atoms with Gasteiger partial charge in [0.1, 0.15) is 0 Å². The van der Waals surface area contributed by atoms with E-state index in [2.05, 4.69) is 15.5 Å².